The third kappa shape index (κ3) is 6.03. The van der Waals surface area contributed by atoms with Gasteiger partial charge in [0, 0.05) is 10.7 Å². The Labute approximate surface area is 135 Å². The molecule has 0 fully saturated rings. The lowest BCUT2D eigenvalue weighted by atomic mass is 10.1. The van der Waals surface area contributed by atoms with E-state index in [0.29, 0.717) is 4.47 Å². The van der Waals surface area contributed by atoms with E-state index in [1.54, 1.807) is 6.07 Å². The maximum atomic E-state index is 12.0. The smallest absolute Gasteiger partial charge is 0.326 e. The number of carboxylic acid groups (broad SMARTS) is 1. The minimum atomic E-state index is -3.31. The van der Waals surface area contributed by atoms with Crippen molar-refractivity contribution >= 4 is 49.2 Å². The lowest BCUT2D eigenvalue weighted by molar-refractivity contribution is -0.139. The zero-order valence-electron chi connectivity index (χ0n) is 11.0. The summed E-state index contributed by atoms with van der Waals surface area (Å²) in [6.07, 6.45) is 0.785. The van der Waals surface area contributed by atoms with E-state index in [4.69, 9.17) is 16.7 Å². The van der Waals surface area contributed by atoms with Gasteiger partial charge in [-0.05, 0) is 24.6 Å². The molecule has 9 heteroatoms. The van der Waals surface area contributed by atoms with E-state index < -0.39 is 27.8 Å². The summed E-state index contributed by atoms with van der Waals surface area (Å²) in [6.45, 7) is 0. The summed E-state index contributed by atoms with van der Waals surface area (Å²) >= 11 is 9.09. The molecule has 0 aliphatic rings. The van der Waals surface area contributed by atoms with Crippen molar-refractivity contribution in [3.63, 3.8) is 0 Å². The highest BCUT2D eigenvalue weighted by molar-refractivity contribution is 9.10. The fourth-order valence-corrected chi connectivity index (χ4v) is 2.92. The average Bonchev–Trinajstić information content (AvgIpc) is 2.32. The van der Waals surface area contributed by atoms with Gasteiger partial charge >= 0.3 is 5.97 Å². The molecule has 1 aromatic rings. The third-order valence-electron chi connectivity index (χ3n) is 2.56. The van der Waals surface area contributed by atoms with Crippen molar-refractivity contribution in [2.45, 2.75) is 12.5 Å². The zero-order chi connectivity index (χ0) is 16.2. The highest BCUT2D eigenvalue weighted by Gasteiger charge is 2.23. The number of nitrogens with one attached hydrogen (secondary N) is 1. The van der Waals surface area contributed by atoms with Gasteiger partial charge in [0.25, 0.3) is 5.91 Å². The highest BCUT2D eigenvalue weighted by Crippen LogP contribution is 2.21. The molecule has 6 nitrogen and oxygen atoms in total. The van der Waals surface area contributed by atoms with Gasteiger partial charge in [-0.3, -0.25) is 4.79 Å². The molecular weight excluding hydrogens is 386 g/mol. The first-order valence-corrected chi connectivity index (χ1v) is 9.00. The summed E-state index contributed by atoms with van der Waals surface area (Å²) in [5.41, 5.74) is 0.116. The molecule has 0 bridgehead atoms. The fraction of sp³-hybridized carbons (Fsp3) is 0.333. The molecule has 116 valence electrons. The molecule has 0 saturated heterocycles. The molecule has 0 radical (unpaired) electrons. The number of rotatable bonds is 6. The predicted molar refractivity (Wildman–Crippen MR) is 82.4 cm³/mol. The van der Waals surface area contributed by atoms with Crippen LogP contribution in [0.4, 0.5) is 0 Å². The minimum Gasteiger partial charge on any atom is -0.480 e. The first kappa shape index (κ1) is 17.9. The quantitative estimate of drug-likeness (QED) is 0.760. The number of carboxylic acids is 1. The second-order valence-corrected chi connectivity index (χ2v) is 7.99. The average molecular weight is 399 g/mol. The maximum absolute atomic E-state index is 12.0. The Morgan fingerprint density at radius 2 is 2.05 bits per heavy atom. The fourth-order valence-electron chi connectivity index (χ4n) is 1.50. The molecule has 1 unspecified atom stereocenters. The summed E-state index contributed by atoms with van der Waals surface area (Å²) in [4.78, 5) is 23.1. The van der Waals surface area contributed by atoms with Crippen molar-refractivity contribution in [2.24, 2.45) is 0 Å². The van der Waals surface area contributed by atoms with Crippen molar-refractivity contribution in [3.05, 3.63) is 33.3 Å². The number of hydrogen-bond acceptors (Lipinski definition) is 4. The van der Waals surface area contributed by atoms with E-state index in [1.165, 1.54) is 12.1 Å². The molecule has 0 aliphatic heterocycles. The molecule has 0 spiro atoms. The van der Waals surface area contributed by atoms with Crippen molar-refractivity contribution < 1.29 is 23.1 Å². The van der Waals surface area contributed by atoms with E-state index in [1.807, 2.05) is 0 Å². The van der Waals surface area contributed by atoms with Gasteiger partial charge in [0.1, 0.15) is 15.9 Å². The molecule has 0 saturated carbocycles. The summed E-state index contributed by atoms with van der Waals surface area (Å²) in [5, 5.41) is 11.5. The van der Waals surface area contributed by atoms with Crippen LogP contribution in [0.1, 0.15) is 16.8 Å². The topological polar surface area (TPSA) is 101 Å². The summed E-state index contributed by atoms with van der Waals surface area (Å²) < 4.78 is 22.8. The SMILES string of the molecule is CS(=O)(=O)CCC(NC(=O)c1ccc(Br)cc1Cl)C(=O)O. The Kier molecular flexibility index (Phi) is 6.18. The number of amides is 1. The van der Waals surface area contributed by atoms with E-state index in [9.17, 15) is 18.0 Å². The van der Waals surface area contributed by atoms with Crippen LogP contribution in [0.2, 0.25) is 5.02 Å². The molecule has 1 rings (SSSR count). The Morgan fingerprint density at radius 1 is 1.43 bits per heavy atom. The van der Waals surface area contributed by atoms with Gasteiger partial charge in [-0.15, -0.1) is 0 Å². The van der Waals surface area contributed by atoms with Gasteiger partial charge in [-0.1, -0.05) is 27.5 Å². The lowest BCUT2D eigenvalue weighted by Gasteiger charge is -2.14. The second-order valence-electron chi connectivity index (χ2n) is 4.41. The summed E-state index contributed by atoms with van der Waals surface area (Å²) in [6, 6.07) is 3.24. The molecule has 0 aromatic heterocycles. The third-order valence-corrected chi connectivity index (χ3v) is 4.34. The minimum absolute atomic E-state index is 0.116. The van der Waals surface area contributed by atoms with Gasteiger partial charge in [0.2, 0.25) is 0 Å². The van der Waals surface area contributed by atoms with Crippen LogP contribution in [0.25, 0.3) is 0 Å². The predicted octanol–water partition coefficient (Wildman–Crippen LogP) is 1.72. The largest absolute Gasteiger partial charge is 0.480 e. The molecule has 2 N–H and O–H groups in total. The Hall–Kier alpha value is -1.12. The Balaban J connectivity index is 2.84. The number of carbonyl (C=O) groups excluding carboxylic acids is 1. The van der Waals surface area contributed by atoms with Crippen LogP contribution < -0.4 is 5.32 Å². The maximum Gasteiger partial charge on any atom is 0.326 e. The van der Waals surface area contributed by atoms with Crippen molar-refractivity contribution in [1.82, 2.24) is 5.32 Å². The molecule has 0 aliphatic carbocycles. The van der Waals surface area contributed by atoms with E-state index >= 15 is 0 Å². The Morgan fingerprint density at radius 3 is 2.52 bits per heavy atom. The van der Waals surface area contributed by atoms with Crippen LogP contribution in [0.5, 0.6) is 0 Å². The van der Waals surface area contributed by atoms with E-state index in [2.05, 4.69) is 21.2 Å². The highest BCUT2D eigenvalue weighted by atomic mass is 79.9. The molecule has 1 atom stereocenters. The molecule has 21 heavy (non-hydrogen) atoms. The van der Waals surface area contributed by atoms with Gasteiger partial charge in [0.05, 0.1) is 16.3 Å². The van der Waals surface area contributed by atoms with Gasteiger partial charge in [0.15, 0.2) is 0 Å². The Bertz CT molecular complexity index is 662. The normalized spacial score (nSPS) is 12.7. The van der Waals surface area contributed by atoms with Gasteiger partial charge in [-0.25, -0.2) is 13.2 Å². The van der Waals surface area contributed by atoms with Crippen molar-refractivity contribution in [2.75, 3.05) is 12.0 Å². The monoisotopic (exact) mass is 397 g/mol. The second kappa shape index (κ2) is 7.24. The first-order valence-electron chi connectivity index (χ1n) is 5.76. The van der Waals surface area contributed by atoms with Crippen LogP contribution in [0.15, 0.2) is 22.7 Å². The van der Waals surface area contributed by atoms with Gasteiger partial charge < -0.3 is 10.4 Å². The molecule has 1 aromatic carbocycles. The number of benzene rings is 1. The molecule has 0 heterocycles. The number of carbonyl (C=O) groups is 2. The van der Waals surface area contributed by atoms with Crippen LogP contribution in [0.3, 0.4) is 0 Å². The zero-order valence-corrected chi connectivity index (χ0v) is 14.1. The first-order chi connectivity index (χ1) is 9.60. The number of aliphatic carboxylic acids is 1. The van der Waals surface area contributed by atoms with E-state index in [-0.39, 0.29) is 22.8 Å². The summed E-state index contributed by atoms with van der Waals surface area (Å²) in [5.74, 6) is -2.31. The summed E-state index contributed by atoms with van der Waals surface area (Å²) in [7, 11) is -3.31. The van der Waals surface area contributed by atoms with Crippen LogP contribution in [-0.2, 0) is 14.6 Å². The number of halogens is 2. The lowest BCUT2D eigenvalue weighted by Crippen LogP contribution is -2.42. The van der Waals surface area contributed by atoms with Crippen LogP contribution >= 0.6 is 27.5 Å². The van der Waals surface area contributed by atoms with Crippen molar-refractivity contribution in [1.29, 1.82) is 0 Å². The standard InChI is InChI=1S/C12H13BrClNO5S/c1-21(19,20)5-4-10(12(17)18)15-11(16)8-3-2-7(13)6-9(8)14/h2-3,6,10H,4-5H2,1H3,(H,15,16)(H,17,18). The molecular formula is C12H13BrClNO5S. The number of hydrogen-bond donors (Lipinski definition) is 2. The number of sulfone groups is 1. The molecule has 1 amide bonds. The van der Waals surface area contributed by atoms with Gasteiger partial charge in [-0.2, -0.15) is 0 Å². The van der Waals surface area contributed by atoms with Crippen molar-refractivity contribution in [3.8, 4) is 0 Å². The van der Waals surface area contributed by atoms with Crippen LogP contribution in [-0.4, -0.2) is 43.5 Å². The van der Waals surface area contributed by atoms with E-state index in [0.717, 1.165) is 6.26 Å². The van der Waals surface area contributed by atoms with Crippen LogP contribution in [0, 0.1) is 0 Å².